The number of hydrogen-bond donors (Lipinski definition) is 6. The van der Waals surface area contributed by atoms with Gasteiger partial charge < -0.3 is 43.8 Å². The average molecular weight is 1680 g/mol. The molecule has 8 aromatic carbocycles. The van der Waals surface area contributed by atoms with E-state index in [2.05, 4.69) is 290 Å². The highest BCUT2D eigenvalue weighted by Gasteiger charge is 2.28. The van der Waals surface area contributed by atoms with Gasteiger partial charge in [-0.05, 0) is 194 Å². The van der Waals surface area contributed by atoms with Gasteiger partial charge in [-0.3, -0.25) is 30.2 Å². The smallest absolute Gasteiger partial charge is 0.326 e. The lowest BCUT2D eigenvalue weighted by Gasteiger charge is -2.26. The molecule has 4 heterocycles. The van der Waals surface area contributed by atoms with E-state index in [-0.39, 0.29) is 114 Å². The minimum atomic E-state index is -0.808. The summed E-state index contributed by atoms with van der Waals surface area (Å²) in [5.74, 6) is 3.03. The Labute approximate surface area is 729 Å². The summed E-state index contributed by atoms with van der Waals surface area (Å²) < 4.78 is 48.0. The first kappa shape index (κ1) is 90.7. The second kappa shape index (κ2) is 36.1. The van der Waals surface area contributed by atoms with Gasteiger partial charge in [-0.15, -0.1) is 0 Å². The van der Waals surface area contributed by atoms with Crippen molar-refractivity contribution < 1.29 is 42.7 Å². The monoisotopic (exact) mass is 1670 g/mol. The second-order valence-corrected chi connectivity index (χ2v) is 40.6. The summed E-state index contributed by atoms with van der Waals surface area (Å²) in [6, 6.07) is 53.8. The Kier molecular flexibility index (Phi) is 26.4. The zero-order valence-corrected chi connectivity index (χ0v) is 76.5. The molecule has 0 saturated heterocycles. The van der Waals surface area contributed by atoms with Gasteiger partial charge in [0.05, 0.1) is 10.8 Å². The maximum Gasteiger partial charge on any atom is 0.326 e. The van der Waals surface area contributed by atoms with Crippen molar-refractivity contribution in [3.63, 3.8) is 0 Å². The van der Waals surface area contributed by atoms with Crippen molar-refractivity contribution in [2.24, 2.45) is 0 Å². The number of aromatic amines is 2. The second-order valence-electron chi connectivity index (χ2n) is 40.6. The molecule has 0 unspecified atom stereocenters. The number of H-pyrrole nitrogens is 2. The minimum Gasteiger partial charge on any atom is -0.489 e. The number of benzene rings is 8. The standard InChI is InChI=1S/C103H122N10O11/c1-96(2,3)69-31-62(32-70(45-69)97(4,5)6)55-118-79-39-66(40-80(52-79)119-56-63-33-71(98(7,8)9)46-72(34-63)99(10,11)12)59-122-83-43-68(61-124-85-50-77(106-94(116)112-92-108-88-86(90(114)110-92)27-25-29-104-88)49-78(51-85)107-95(117)113-93-109-89-87(91(115)111-93)28-26-30-105-89)44-84(54-83)123-60-67-41-81(120-57-64-35-73(100(13,14)15)47-74(36-64)101(16,17)18)53-82(42-67)121-58-65-37-75(102(19,20)21)48-76(38-65)103(22,23)24/h25-54H,55-61H2,1-24H3,(H3,104,106,108,110,112,114,116)(H3,105,107,109,111,113,115,117). The van der Waals surface area contributed by atoms with Crippen LogP contribution in [0.1, 0.15) is 250 Å². The van der Waals surface area contributed by atoms with Crippen molar-refractivity contribution in [3.05, 3.63) is 286 Å². The SMILES string of the molecule is CC(C)(C)c1cc(COc2cc(COc3cc(COc4cc(NC(=O)Nc5nc6ncccc6c(=O)[nH]5)cc(NC(=O)Nc5nc6ncccc6c(=O)[nH]5)c4)cc(OCc4cc(OCc5cc(C(C)(C)C)cc(C(C)(C)C)c5)cc(OCc5cc(C(C)(C)C)cc(C(C)(C)C)c5)c4)c3)cc(OCc3cc(C(C)(C)C)cc(C(C)(C)C)c3)c2)cc(C(C)(C)C)c1. The number of hydrogen-bond acceptors (Lipinski definition) is 15. The maximum absolute atomic E-state index is 14.0. The van der Waals surface area contributed by atoms with Crippen LogP contribution in [0.25, 0.3) is 22.1 Å². The van der Waals surface area contributed by atoms with E-state index in [9.17, 15) is 19.2 Å². The molecule has 4 aromatic heterocycles. The fourth-order valence-electron chi connectivity index (χ4n) is 13.8. The van der Waals surface area contributed by atoms with Gasteiger partial charge >= 0.3 is 12.1 Å². The van der Waals surface area contributed by atoms with Gasteiger partial charge in [-0.2, -0.15) is 9.97 Å². The number of carbonyl (C=O) groups is 2. The predicted molar refractivity (Wildman–Crippen MR) is 497 cm³/mol. The van der Waals surface area contributed by atoms with Crippen molar-refractivity contribution in [1.29, 1.82) is 0 Å². The molecule has 21 heteroatoms. The van der Waals surface area contributed by atoms with E-state index >= 15 is 0 Å². The minimum absolute atomic E-state index is 0.0513. The predicted octanol–water partition coefficient (Wildman–Crippen LogP) is 23.7. The fraction of sp³-hybridized carbons (Fsp3) is 0.379. The molecule has 650 valence electrons. The van der Waals surface area contributed by atoms with Crippen LogP contribution in [0, 0.1) is 0 Å². The average Bonchev–Trinajstić information content (AvgIpc) is 0.814. The van der Waals surface area contributed by atoms with E-state index in [1.165, 1.54) is 63.0 Å². The number of nitrogens with one attached hydrogen (secondary N) is 6. The molecule has 0 spiro atoms. The van der Waals surface area contributed by atoms with Crippen LogP contribution in [0.4, 0.5) is 32.9 Å². The Morgan fingerprint density at radius 1 is 0.274 bits per heavy atom. The van der Waals surface area contributed by atoms with Crippen LogP contribution < -0.4 is 65.5 Å². The van der Waals surface area contributed by atoms with Gasteiger partial charge in [0, 0.05) is 54.1 Å². The lowest BCUT2D eigenvalue weighted by Crippen LogP contribution is -2.24. The first-order valence-corrected chi connectivity index (χ1v) is 42.4. The molecular weight excluding hydrogens is 1550 g/mol. The number of anilines is 4. The highest BCUT2D eigenvalue weighted by Crippen LogP contribution is 2.39. The molecule has 124 heavy (non-hydrogen) atoms. The lowest BCUT2D eigenvalue weighted by molar-refractivity contribution is 0.261. The van der Waals surface area contributed by atoms with Crippen LogP contribution >= 0.6 is 0 Å². The van der Waals surface area contributed by atoms with Crippen molar-refractivity contribution in [2.45, 2.75) is 256 Å². The summed E-state index contributed by atoms with van der Waals surface area (Å²) in [6.45, 7) is 54.7. The number of fused-ring (bicyclic) bond motifs is 2. The Morgan fingerprint density at radius 3 is 0.702 bits per heavy atom. The first-order chi connectivity index (χ1) is 57.9. The molecule has 0 aliphatic carbocycles. The van der Waals surface area contributed by atoms with Crippen molar-refractivity contribution in [3.8, 4) is 40.2 Å². The van der Waals surface area contributed by atoms with Crippen LogP contribution in [0.2, 0.25) is 0 Å². The molecular formula is C103H122N10O11. The van der Waals surface area contributed by atoms with Crippen molar-refractivity contribution >= 4 is 57.4 Å². The molecule has 0 fully saturated rings. The maximum atomic E-state index is 14.0. The van der Waals surface area contributed by atoms with Gasteiger partial charge in [0.1, 0.15) is 86.5 Å². The molecule has 12 rings (SSSR count). The summed E-state index contributed by atoms with van der Waals surface area (Å²) in [6.07, 6.45) is 2.97. The van der Waals surface area contributed by atoms with E-state index in [1.54, 1.807) is 36.4 Å². The topological polar surface area (TPSA) is 264 Å². The third kappa shape index (κ3) is 24.7. The van der Waals surface area contributed by atoms with Gasteiger partial charge in [-0.25, -0.2) is 19.6 Å². The Hall–Kier alpha value is -12.5. The Bertz CT molecular complexity index is 5370. The summed E-state index contributed by atoms with van der Waals surface area (Å²) in [5.41, 5.74) is 14.6. The van der Waals surface area contributed by atoms with Crippen LogP contribution in [-0.2, 0) is 89.6 Å². The van der Waals surface area contributed by atoms with Gasteiger partial charge in [0.2, 0.25) is 11.9 Å². The molecule has 0 aliphatic heterocycles. The number of urea groups is 2. The molecule has 6 N–H and O–H groups in total. The molecule has 12 aromatic rings. The van der Waals surface area contributed by atoms with Crippen LogP contribution in [0.5, 0.6) is 40.2 Å². The molecule has 0 saturated carbocycles. The number of carbonyl (C=O) groups excluding carboxylic acids is 2. The largest absolute Gasteiger partial charge is 0.489 e. The number of ether oxygens (including phenoxy) is 7. The first-order valence-electron chi connectivity index (χ1n) is 42.4. The molecule has 0 bridgehead atoms. The molecule has 21 nitrogen and oxygen atoms in total. The van der Waals surface area contributed by atoms with E-state index in [4.69, 9.17) is 33.2 Å². The third-order valence-electron chi connectivity index (χ3n) is 21.4. The van der Waals surface area contributed by atoms with E-state index in [0.717, 1.165) is 33.4 Å². The Balaban J connectivity index is 0.914. The molecule has 0 radical (unpaired) electrons. The van der Waals surface area contributed by atoms with E-state index < -0.39 is 23.2 Å². The van der Waals surface area contributed by atoms with Crippen LogP contribution in [0.15, 0.2) is 192 Å². The van der Waals surface area contributed by atoms with Crippen LogP contribution in [0.3, 0.4) is 0 Å². The number of aromatic nitrogens is 6. The molecule has 0 aliphatic rings. The number of nitrogens with zero attached hydrogens (tertiary/aromatic N) is 4. The normalized spacial score (nSPS) is 12.4. The van der Waals surface area contributed by atoms with Crippen molar-refractivity contribution in [1.82, 2.24) is 29.9 Å². The number of amides is 4. The zero-order chi connectivity index (χ0) is 89.8. The highest BCUT2D eigenvalue weighted by atomic mass is 16.5. The lowest BCUT2D eigenvalue weighted by atomic mass is 9.79. The molecule has 4 amide bonds. The fourth-order valence-corrected chi connectivity index (χ4v) is 13.8. The van der Waals surface area contributed by atoms with Crippen LogP contribution in [-0.4, -0.2) is 42.0 Å². The summed E-state index contributed by atoms with van der Waals surface area (Å²) in [5, 5.41) is 11.2. The third-order valence-corrected chi connectivity index (χ3v) is 21.4. The zero-order valence-electron chi connectivity index (χ0n) is 76.5. The summed E-state index contributed by atoms with van der Waals surface area (Å²) in [7, 11) is 0. The summed E-state index contributed by atoms with van der Waals surface area (Å²) >= 11 is 0. The van der Waals surface area contributed by atoms with E-state index in [1.807, 2.05) is 54.6 Å². The quantitative estimate of drug-likeness (QED) is 0.0311. The number of rotatable bonds is 25. The van der Waals surface area contributed by atoms with E-state index in [0.29, 0.717) is 66.5 Å². The van der Waals surface area contributed by atoms with Crippen molar-refractivity contribution in [2.75, 3.05) is 21.3 Å². The highest BCUT2D eigenvalue weighted by molar-refractivity contribution is 6.02. The number of pyridine rings is 2. The van der Waals surface area contributed by atoms with Gasteiger partial charge in [0.15, 0.2) is 11.3 Å². The molecule has 0 atom stereocenters. The Morgan fingerprint density at radius 2 is 0.484 bits per heavy atom. The van der Waals surface area contributed by atoms with Gasteiger partial charge in [-0.1, -0.05) is 239 Å². The van der Waals surface area contributed by atoms with Gasteiger partial charge in [0.25, 0.3) is 11.1 Å². The summed E-state index contributed by atoms with van der Waals surface area (Å²) in [4.78, 5) is 76.3.